The first kappa shape index (κ1) is 42.1. The lowest BCUT2D eigenvalue weighted by Gasteiger charge is -2.14. The summed E-state index contributed by atoms with van der Waals surface area (Å²) in [5.74, 6) is 14.3. The van der Waals surface area contributed by atoms with Gasteiger partial charge in [0.05, 0.1) is 0 Å². The van der Waals surface area contributed by atoms with Crippen LogP contribution in [-0.2, 0) is 34.1 Å². The molecule has 3 amide bonds. The average Bonchev–Trinajstić information content (AvgIpc) is 3.06. The third-order valence-corrected chi connectivity index (χ3v) is 6.94. The number of aromatic nitrogens is 3. The molecule has 0 unspecified atom stereocenters. The number of carbonyl (C=O) groups excluding carboxylic acids is 3. The van der Waals surface area contributed by atoms with Crippen LogP contribution in [0.4, 0.5) is 14.4 Å². The lowest BCUT2D eigenvalue weighted by molar-refractivity contribution is 0.147. The highest BCUT2D eigenvalue weighted by atomic mass is 16.7. The molecule has 0 saturated heterocycles. The molecular weight excluding hydrogens is 606 g/mol. The van der Waals surface area contributed by atoms with Crippen molar-refractivity contribution in [2.24, 2.45) is 17.7 Å². The van der Waals surface area contributed by atoms with Crippen LogP contribution in [0, 0.1) is 0 Å². The van der Waals surface area contributed by atoms with Crippen LogP contribution in [0.5, 0.6) is 0 Å². The number of unbranched alkanes of at least 4 members (excludes halogenated alkanes) is 10. The second kappa shape index (κ2) is 27.4. The van der Waals surface area contributed by atoms with Crippen molar-refractivity contribution in [3.8, 4) is 0 Å². The van der Waals surface area contributed by atoms with Gasteiger partial charge >= 0.3 is 35.3 Å². The fourth-order valence-corrected chi connectivity index (χ4v) is 4.20. The van der Waals surface area contributed by atoms with E-state index < -0.39 is 35.3 Å². The van der Waals surface area contributed by atoms with Crippen LogP contribution in [0.25, 0.3) is 0 Å². The van der Waals surface area contributed by atoms with Crippen LogP contribution in [0.3, 0.4) is 0 Å². The summed E-state index contributed by atoms with van der Waals surface area (Å²) in [6.07, 6.45) is 8.39. The minimum Gasteiger partial charge on any atom is -0.357 e. The number of carbonyl (C=O) groups is 3. The Kier molecular flexibility index (Phi) is 25.1. The minimum atomic E-state index is -0.717. The molecule has 1 rings (SSSR count). The van der Waals surface area contributed by atoms with Gasteiger partial charge in [-0.1, -0.05) is 65.2 Å². The van der Waals surface area contributed by atoms with E-state index in [9.17, 15) is 28.8 Å². The lowest BCUT2D eigenvalue weighted by atomic mass is 10.2. The van der Waals surface area contributed by atoms with Crippen molar-refractivity contribution in [1.82, 2.24) is 29.7 Å². The van der Waals surface area contributed by atoms with E-state index in [0.29, 0.717) is 77.4 Å². The fourth-order valence-electron chi connectivity index (χ4n) is 4.20. The van der Waals surface area contributed by atoms with Gasteiger partial charge in [-0.25, -0.2) is 42.5 Å². The van der Waals surface area contributed by atoms with Gasteiger partial charge in [0.15, 0.2) is 0 Å². The summed E-state index contributed by atoms with van der Waals surface area (Å²) in [7, 11) is 0. The minimum absolute atomic E-state index is 0.155. The van der Waals surface area contributed by atoms with E-state index in [4.69, 9.17) is 17.7 Å². The topological polar surface area (TPSA) is 259 Å². The maximum Gasteiger partial charge on any atom is 0.425 e. The zero-order valence-corrected chi connectivity index (χ0v) is 27.4. The number of amides is 3. The molecule has 18 nitrogen and oxygen atoms in total. The highest BCUT2D eigenvalue weighted by Crippen LogP contribution is 2.03. The molecule has 0 bridgehead atoms. The summed E-state index contributed by atoms with van der Waals surface area (Å²) in [4.78, 5) is 84.5. The standard InChI is InChI=1S/C24H45N9O9.C4H10/c25-40-19(34)28-13-7-1-4-10-16-31-22(37)32(17-11-5-2-8-14-29-20(35)41-26)24(39)33(23(31)38)18-12-6-3-9-15-30-21(36)42-27;1-3-4-2/h1-18,25-27H2,(H,28,34)(H,29,35)(H,30,36);3-4H2,1-2H3. The third-order valence-electron chi connectivity index (χ3n) is 6.94. The first-order valence-electron chi connectivity index (χ1n) is 16.1. The molecule has 0 fully saturated rings. The Bertz CT molecular complexity index is 998. The second-order valence-corrected chi connectivity index (χ2v) is 10.5. The number of nitrogens with one attached hydrogen (secondary N) is 3. The number of nitrogens with two attached hydrogens (primary N) is 3. The molecule has 0 aliphatic carbocycles. The molecule has 0 radical (unpaired) electrons. The van der Waals surface area contributed by atoms with Crippen molar-refractivity contribution in [2.75, 3.05) is 19.6 Å². The Morgan fingerprint density at radius 3 is 0.935 bits per heavy atom. The van der Waals surface area contributed by atoms with Gasteiger partial charge in [-0.05, 0) is 38.5 Å². The summed E-state index contributed by atoms with van der Waals surface area (Å²) in [6, 6.07) is 0. The number of nitrogens with zero attached hydrogens (tertiary/aromatic N) is 3. The average molecular weight is 662 g/mol. The smallest absolute Gasteiger partial charge is 0.357 e. The van der Waals surface area contributed by atoms with Gasteiger partial charge < -0.3 is 30.5 Å². The lowest BCUT2D eigenvalue weighted by Crippen LogP contribution is -2.54. The molecule has 0 saturated carbocycles. The first-order chi connectivity index (χ1) is 22.2. The number of rotatable bonds is 22. The Hall–Kier alpha value is -3.90. The fraction of sp³-hybridized carbons (Fsp3) is 0.786. The van der Waals surface area contributed by atoms with E-state index >= 15 is 0 Å². The van der Waals surface area contributed by atoms with Crippen LogP contribution in [-0.4, -0.2) is 51.6 Å². The van der Waals surface area contributed by atoms with Gasteiger partial charge in [0.1, 0.15) is 0 Å². The Morgan fingerprint density at radius 2 is 0.717 bits per heavy atom. The maximum atomic E-state index is 13.2. The quantitative estimate of drug-likeness (QED) is 0.0762. The Balaban J connectivity index is 0.00000476. The Morgan fingerprint density at radius 1 is 0.478 bits per heavy atom. The molecule has 46 heavy (non-hydrogen) atoms. The molecule has 0 spiro atoms. The molecule has 9 N–H and O–H groups in total. The predicted molar refractivity (Wildman–Crippen MR) is 171 cm³/mol. The van der Waals surface area contributed by atoms with Crippen LogP contribution in [0.2, 0.25) is 0 Å². The highest BCUT2D eigenvalue weighted by Gasteiger charge is 2.15. The van der Waals surface area contributed by atoms with Gasteiger partial charge in [-0.2, -0.15) is 17.7 Å². The molecule has 18 heteroatoms. The molecule has 1 aromatic rings. The molecule has 0 aromatic carbocycles. The second-order valence-electron chi connectivity index (χ2n) is 10.5. The summed E-state index contributed by atoms with van der Waals surface area (Å²) in [5, 5.41) is 7.43. The summed E-state index contributed by atoms with van der Waals surface area (Å²) in [5.41, 5.74) is -1.92. The maximum absolute atomic E-state index is 13.2. The van der Waals surface area contributed by atoms with E-state index in [1.807, 2.05) is 0 Å². The Labute approximate surface area is 269 Å². The van der Waals surface area contributed by atoms with Crippen LogP contribution < -0.4 is 50.7 Å². The summed E-state index contributed by atoms with van der Waals surface area (Å²) < 4.78 is 3.32. The molecule has 1 aromatic heterocycles. The first-order valence-corrected chi connectivity index (χ1v) is 16.1. The molecule has 1 heterocycles. The summed E-state index contributed by atoms with van der Waals surface area (Å²) >= 11 is 0. The number of hydrogen-bond acceptors (Lipinski definition) is 12. The van der Waals surface area contributed by atoms with Crippen molar-refractivity contribution in [3.63, 3.8) is 0 Å². The van der Waals surface area contributed by atoms with Gasteiger partial charge in [0.2, 0.25) is 0 Å². The zero-order chi connectivity index (χ0) is 34.6. The van der Waals surface area contributed by atoms with Crippen molar-refractivity contribution in [1.29, 1.82) is 0 Å². The predicted octanol–water partition coefficient (Wildman–Crippen LogP) is 1.46. The van der Waals surface area contributed by atoms with Crippen LogP contribution in [0.15, 0.2) is 14.4 Å². The normalized spacial score (nSPS) is 10.4. The van der Waals surface area contributed by atoms with Gasteiger partial charge in [-0.3, -0.25) is 0 Å². The molecule has 0 atom stereocenters. The molecule has 0 aliphatic rings. The van der Waals surface area contributed by atoms with Gasteiger partial charge in [0.25, 0.3) is 0 Å². The molecule has 266 valence electrons. The van der Waals surface area contributed by atoms with E-state index in [2.05, 4.69) is 44.3 Å². The number of hydrogen-bond donors (Lipinski definition) is 6. The monoisotopic (exact) mass is 661 g/mol. The third kappa shape index (κ3) is 18.8. The van der Waals surface area contributed by atoms with Gasteiger partial charge in [0, 0.05) is 39.3 Å². The SMILES string of the molecule is CCCC.NOC(=O)NCCCCCCn1c(=O)n(CCCCCCNC(=O)ON)c(=O)n(CCCCCCNC(=O)ON)c1=O. The van der Waals surface area contributed by atoms with Crippen molar-refractivity contribution in [3.05, 3.63) is 31.5 Å². The highest BCUT2D eigenvalue weighted by molar-refractivity contribution is 5.67. The van der Waals surface area contributed by atoms with E-state index in [0.717, 1.165) is 33.0 Å². The molecule has 0 aliphatic heterocycles. The van der Waals surface area contributed by atoms with Crippen molar-refractivity contribution >= 4 is 18.3 Å². The van der Waals surface area contributed by atoms with E-state index in [-0.39, 0.29) is 19.6 Å². The molecular formula is C28H55N9O9. The van der Waals surface area contributed by atoms with Crippen LogP contribution >= 0.6 is 0 Å². The van der Waals surface area contributed by atoms with Crippen molar-refractivity contribution in [2.45, 2.75) is 123 Å². The van der Waals surface area contributed by atoms with E-state index in [1.165, 1.54) is 12.8 Å². The van der Waals surface area contributed by atoms with Gasteiger partial charge in [-0.15, -0.1) is 0 Å². The zero-order valence-electron chi connectivity index (χ0n) is 27.4. The largest absolute Gasteiger partial charge is 0.425 e. The summed E-state index contributed by atoms with van der Waals surface area (Å²) in [6.45, 7) is 5.97. The van der Waals surface area contributed by atoms with Crippen molar-refractivity contribution < 1.29 is 28.9 Å². The van der Waals surface area contributed by atoms with Crippen LogP contribution in [0.1, 0.15) is 104 Å². The van der Waals surface area contributed by atoms with E-state index in [1.54, 1.807) is 0 Å².